The zero-order chi connectivity index (χ0) is 26.7. The average Bonchev–Trinajstić information content (AvgIpc) is 2.96. The second-order valence-electron chi connectivity index (χ2n) is 9.84. The maximum Gasteiger partial charge on any atom is 0.192 e. The van der Waals surface area contributed by atoms with Gasteiger partial charge in [-0.3, -0.25) is 0 Å². The standard InChI is InChI=1S/C32H43N2O3P/c1-5-33-18-17-24-7-9-25(10-8-24)22-34(6-2)32-21-29(35-3)15-16-31(32)28-12-11-27-20-30(36-23-37-38-4)14-13-26(27)19-28/h7-10,13-16,20-21,28,33,38H,5-6,11-12,17-19,22-23H2,1-4H3/t28-/m1/s1. The van der Waals surface area contributed by atoms with Gasteiger partial charge in [0.1, 0.15) is 11.5 Å². The lowest BCUT2D eigenvalue weighted by Gasteiger charge is -2.32. The van der Waals surface area contributed by atoms with Gasteiger partial charge in [0.15, 0.2) is 6.79 Å². The smallest absolute Gasteiger partial charge is 0.192 e. The van der Waals surface area contributed by atoms with E-state index in [2.05, 4.69) is 84.7 Å². The van der Waals surface area contributed by atoms with Crippen LogP contribution in [0.15, 0.2) is 60.7 Å². The van der Waals surface area contributed by atoms with Gasteiger partial charge in [0.05, 0.1) is 7.11 Å². The van der Waals surface area contributed by atoms with E-state index in [0.29, 0.717) is 21.5 Å². The van der Waals surface area contributed by atoms with Crippen molar-refractivity contribution >= 4 is 14.5 Å². The molecule has 1 N–H and O–H groups in total. The third-order valence-corrected chi connectivity index (χ3v) is 7.88. The van der Waals surface area contributed by atoms with Crippen LogP contribution in [0.1, 0.15) is 54.0 Å². The summed E-state index contributed by atoms with van der Waals surface area (Å²) in [6.45, 7) is 10.6. The quantitative estimate of drug-likeness (QED) is 0.141. The van der Waals surface area contributed by atoms with Crippen LogP contribution in [0.2, 0.25) is 0 Å². The van der Waals surface area contributed by atoms with Crippen molar-refractivity contribution in [3.05, 3.63) is 88.5 Å². The summed E-state index contributed by atoms with van der Waals surface area (Å²) >= 11 is 0. The highest BCUT2D eigenvalue weighted by Gasteiger charge is 2.25. The number of methoxy groups -OCH3 is 1. The zero-order valence-corrected chi connectivity index (χ0v) is 24.4. The summed E-state index contributed by atoms with van der Waals surface area (Å²) in [5.74, 6) is 2.28. The van der Waals surface area contributed by atoms with E-state index in [1.807, 2.05) is 6.66 Å². The van der Waals surface area contributed by atoms with Gasteiger partial charge in [-0.05, 0) is 104 Å². The number of hydrogen-bond donors (Lipinski definition) is 1. The highest BCUT2D eigenvalue weighted by Crippen LogP contribution is 2.40. The third kappa shape index (κ3) is 7.50. The van der Waals surface area contributed by atoms with Crippen molar-refractivity contribution < 1.29 is 14.0 Å². The number of anilines is 1. The average molecular weight is 535 g/mol. The normalized spacial score (nSPS) is 15.0. The Morgan fingerprint density at radius 1 is 0.947 bits per heavy atom. The van der Waals surface area contributed by atoms with E-state index in [-0.39, 0.29) is 0 Å². The summed E-state index contributed by atoms with van der Waals surface area (Å²) < 4.78 is 16.8. The number of nitrogens with one attached hydrogen (secondary N) is 1. The summed E-state index contributed by atoms with van der Waals surface area (Å²) in [6, 6.07) is 22.3. The fourth-order valence-corrected chi connectivity index (χ4v) is 5.50. The molecule has 0 aliphatic heterocycles. The number of hydrogen-bond acceptors (Lipinski definition) is 5. The highest BCUT2D eigenvalue weighted by molar-refractivity contribution is 7.31. The van der Waals surface area contributed by atoms with Crippen LogP contribution in [-0.4, -0.2) is 40.2 Å². The molecule has 1 aliphatic carbocycles. The van der Waals surface area contributed by atoms with E-state index >= 15 is 0 Å². The van der Waals surface area contributed by atoms with Gasteiger partial charge in [0, 0.05) is 33.7 Å². The first-order valence-electron chi connectivity index (χ1n) is 13.9. The minimum atomic E-state index is 0.317. The molecule has 0 spiro atoms. The fourth-order valence-electron chi connectivity index (χ4n) is 5.32. The van der Waals surface area contributed by atoms with Crippen LogP contribution in [-0.2, 0) is 30.3 Å². The molecule has 1 aliphatic rings. The van der Waals surface area contributed by atoms with E-state index in [1.165, 1.54) is 33.5 Å². The van der Waals surface area contributed by atoms with Crippen molar-refractivity contribution in [3.63, 3.8) is 0 Å². The molecule has 38 heavy (non-hydrogen) atoms. The summed E-state index contributed by atoms with van der Waals surface area (Å²) in [7, 11) is 2.19. The van der Waals surface area contributed by atoms with E-state index in [1.54, 1.807) is 7.11 Å². The fraction of sp³-hybridized carbons (Fsp3) is 0.438. The third-order valence-electron chi connectivity index (χ3n) is 7.47. The molecule has 3 aromatic rings. The Morgan fingerprint density at radius 3 is 2.47 bits per heavy atom. The van der Waals surface area contributed by atoms with Crippen molar-refractivity contribution in [2.24, 2.45) is 0 Å². The minimum absolute atomic E-state index is 0.317. The van der Waals surface area contributed by atoms with Crippen LogP contribution in [0.5, 0.6) is 11.5 Å². The molecule has 0 bridgehead atoms. The van der Waals surface area contributed by atoms with Gasteiger partial charge in [0.25, 0.3) is 0 Å². The summed E-state index contributed by atoms with van der Waals surface area (Å²) in [4.78, 5) is 2.49. The largest absolute Gasteiger partial charge is 0.497 e. The maximum absolute atomic E-state index is 5.76. The number of rotatable bonds is 14. The van der Waals surface area contributed by atoms with Crippen LogP contribution in [0.25, 0.3) is 0 Å². The van der Waals surface area contributed by atoms with Gasteiger partial charge < -0.3 is 24.2 Å². The van der Waals surface area contributed by atoms with E-state index in [9.17, 15) is 0 Å². The molecular weight excluding hydrogens is 491 g/mol. The summed E-state index contributed by atoms with van der Waals surface area (Å²) in [6.07, 6.45) is 4.29. The molecule has 0 saturated heterocycles. The van der Waals surface area contributed by atoms with Crippen LogP contribution in [0.4, 0.5) is 5.69 Å². The molecule has 5 nitrogen and oxygen atoms in total. The Labute approximate surface area is 230 Å². The van der Waals surface area contributed by atoms with Crippen molar-refractivity contribution in [3.8, 4) is 11.5 Å². The maximum atomic E-state index is 5.76. The molecule has 4 rings (SSSR count). The molecule has 3 aromatic carbocycles. The van der Waals surface area contributed by atoms with Gasteiger partial charge >= 0.3 is 0 Å². The second kappa shape index (κ2) is 14.5. The molecule has 1 unspecified atom stereocenters. The van der Waals surface area contributed by atoms with Gasteiger partial charge in [-0.1, -0.05) is 43.3 Å². The lowest BCUT2D eigenvalue weighted by atomic mass is 9.79. The Bertz CT molecular complexity index is 1150. The minimum Gasteiger partial charge on any atom is -0.497 e. The summed E-state index contributed by atoms with van der Waals surface area (Å²) in [5, 5.41) is 3.41. The predicted molar refractivity (Wildman–Crippen MR) is 160 cm³/mol. The Hall–Kier alpha value is -2.59. The molecule has 204 valence electrons. The molecule has 0 heterocycles. The molecule has 0 fully saturated rings. The van der Waals surface area contributed by atoms with Crippen LogP contribution in [0, 0.1) is 0 Å². The predicted octanol–water partition coefficient (Wildman–Crippen LogP) is 6.72. The molecular formula is C32H43N2O3P. The molecule has 0 saturated carbocycles. The number of aryl methyl sites for hydroxylation is 1. The molecule has 0 aromatic heterocycles. The van der Waals surface area contributed by atoms with E-state index in [0.717, 1.165) is 63.4 Å². The van der Waals surface area contributed by atoms with Gasteiger partial charge in [-0.15, -0.1) is 0 Å². The van der Waals surface area contributed by atoms with Gasteiger partial charge in [-0.2, -0.15) is 0 Å². The monoisotopic (exact) mass is 534 g/mol. The Morgan fingerprint density at radius 2 is 1.74 bits per heavy atom. The number of ether oxygens (including phenoxy) is 2. The highest BCUT2D eigenvalue weighted by atomic mass is 31.1. The molecule has 0 radical (unpaired) electrons. The Balaban J connectivity index is 1.51. The SMILES string of the molecule is CCNCCc1ccc(CN(CC)c2cc(OC)ccc2[C@@H]2CCc3cc(OCOPC)ccc3C2)cc1. The molecule has 0 amide bonds. The van der Waals surface area contributed by atoms with E-state index in [4.69, 9.17) is 14.0 Å². The summed E-state index contributed by atoms with van der Waals surface area (Å²) in [5.41, 5.74) is 8.24. The number of benzene rings is 3. The van der Waals surface area contributed by atoms with Crippen molar-refractivity contribution in [1.29, 1.82) is 0 Å². The first kappa shape index (κ1) is 28.4. The Kier molecular flexibility index (Phi) is 10.9. The first-order valence-corrected chi connectivity index (χ1v) is 15.3. The van der Waals surface area contributed by atoms with Crippen LogP contribution >= 0.6 is 8.81 Å². The topological polar surface area (TPSA) is 43.0 Å². The molecule has 2 atom stereocenters. The molecule has 6 heteroatoms. The van der Waals surface area contributed by atoms with Crippen molar-refractivity contribution in [2.45, 2.75) is 52.0 Å². The van der Waals surface area contributed by atoms with Crippen LogP contribution < -0.4 is 19.7 Å². The first-order chi connectivity index (χ1) is 18.6. The number of fused-ring (bicyclic) bond motifs is 1. The second-order valence-corrected chi connectivity index (χ2v) is 10.5. The van der Waals surface area contributed by atoms with Crippen LogP contribution in [0.3, 0.4) is 0 Å². The number of likely N-dealkylation sites (N-methyl/N-ethyl adjacent to an activating group) is 1. The lowest BCUT2D eigenvalue weighted by Crippen LogP contribution is -2.25. The van der Waals surface area contributed by atoms with Gasteiger partial charge in [-0.25, -0.2) is 0 Å². The lowest BCUT2D eigenvalue weighted by molar-refractivity contribution is 0.138. The number of nitrogens with zero attached hydrogens (tertiary/aromatic N) is 1. The van der Waals surface area contributed by atoms with Crippen molar-refractivity contribution in [2.75, 3.05) is 45.1 Å². The van der Waals surface area contributed by atoms with Crippen molar-refractivity contribution in [1.82, 2.24) is 5.32 Å². The van der Waals surface area contributed by atoms with E-state index < -0.39 is 0 Å². The zero-order valence-electron chi connectivity index (χ0n) is 23.4. The van der Waals surface area contributed by atoms with Gasteiger partial charge in [0.2, 0.25) is 0 Å².